The molecule has 0 aromatic rings. The van der Waals surface area contributed by atoms with Gasteiger partial charge in [-0.25, -0.2) is 0 Å². The number of unbranched alkanes of at least 4 members (excludes halogenated alkanes) is 1. The van der Waals surface area contributed by atoms with E-state index in [2.05, 4.69) is 13.8 Å². The first-order valence-electron chi connectivity index (χ1n) is 9.40. The molecule has 0 N–H and O–H groups in total. The average molecular weight is 296 g/mol. The summed E-state index contributed by atoms with van der Waals surface area (Å²) in [6.45, 7) is 5.53. The fourth-order valence-corrected chi connectivity index (χ4v) is 4.50. The molecule has 0 aliphatic heterocycles. The van der Waals surface area contributed by atoms with Crippen molar-refractivity contribution in [2.75, 3.05) is 13.7 Å². The molecule has 0 bridgehead atoms. The summed E-state index contributed by atoms with van der Waals surface area (Å²) in [4.78, 5) is 0. The number of methoxy groups -OCH3 is 1. The molecule has 2 rings (SSSR count). The van der Waals surface area contributed by atoms with Crippen molar-refractivity contribution in [2.45, 2.75) is 96.2 Å². The first-order chi connectivity index (χ1) is 10.2. The molecule has 2 aliphatic rings. The summed E-state index contributed by atoms with van der Waals surface area (Å²) in [6, 6.07) is 0. The molecule has 0 saturated heterocycles. The molecule has 124 valence electrons. The minimum Gasteiger partial charge on any atom is -0.378 e. The minimum absolute atomic E-state index is 0.195. The molecule has 2 aliphatic carbocycles. The third-order valence-electron chi connectivity index (χ3n) is 6.21. The molecule has 21 heavy (non-hydrogen) atoms. The van der Waals surface area contributed by atoms with Crippen LogP contribution in [0.3, 0.4) is 0 Å². The lowest BCUT2D eigenvalue weighted by atomic mass is 9.67. The van der Waals surface area contributed by atoms with Crippen molar-refractivity contribution in [3.63, 3.8) is 0 Å². The zero-order valence-electron chi connectivity index (χ0n) is 14.5. The smallest absolute Gasteiger partial charge is 0.0707 e. The summed E-state index contributed by atoms with van der Waals surface area (Å²) in [7, 11) is 1.95. The van der Waals surface area contributed by atoms with Crippen molar-refractivity contribution in [3.05, 3.63) is 0 Å². The zero-order valence-corrected chi connectivity index (χ0v) is 14.5. The Hall–Kier alpha value is -0.0800. The van der Waals surface area contributed by atoms with Crippen LogP contribution in [0.4, 0.5) is 0 Å². The van der Waals surface area contributed by atoms with E-state index in [4.69, 9.17) is 9.47 Å². The third-order valence-corrected chi connectivity index (χ3v) is 6.21. The molecule has 0 spiro atoms. The molecule has 0 heterocycles. The molecule has 0 aromatic carbocycles. The van der Waals surface area contributed by atoms with Gasteiger partial charge in [-0.2, -0.15) is 0 Å². The molecular formula is C19H36O2. The number of rotatable bonds is 7. The zero-order chi connectivity index (χ0) is 15.1. The molecule has 0 atom stereocenters. The second kappa shape index (κ2) is 8.53. The first-order valence-corrected chi connectivity index (χ1v) is 9.40. The Morgan fingerprint density at radius 3 is 2.14 bits per heavy atom. The summed E-state index contributed by atoms with van der Waals surface area (Å²) in [6.07, 6.45) is 14.7. The summed E-state index contributed by atoms with van der Waals surface area (Å²) in [5.41, 5.74) is 0.195. The van der Waals surface area contributed by atoms with Crippen LogP contribution in [0.1, 0.15) is 84.5 Å². The van der Waals surface area contributed by atoms with Gasteiger partial charge in [-0.1, -0.05) is 26.7 Å². The maximum absolute atomic E-state index is 6.10. The van der Waals surface area contributed by atoms with Crippen LogP contribution in [-0.4, -0.2) is 25.4 Å². The summed E-state index contributed by atoms with van der Waals surface area (Å²) in [5, 5.41) is 0. The summed E-state index contributed by atoms with van der Waals surface area (Å²) < 4.78 is 12.1. The van der Waals surface area contributed by atoms with Crippen LogP contribution >= 0.6 is 0 Å². The highest BCUT2D eigenvalue weighted by Crippen LogP contribution is 2.46. The van der Waals surface area contributed by atoms with Crippen LogP contribution < -0.4 is 0 Å². The second-order valence-electron chi connectivity index (χ2n) is 7.32. The van der Waals surface area contributed by atoms with Gasteiger partial charge in [-0.15, -0.1) is 0 Å². The van der Waals surface area contributed by atoms with E-state index < -0.39 is 0 Å². The SMILES string of the molecule is CCCCOC1CCC(C2(OC)CCC(CC)CC2)CC1. The van der Waals surface area contributed by atoms with E-state index in [9.17, 15) is 0 Å². The Bertz CT molecular complexity index is 273. The molecule has 2 fully saturated rings. The van der Waals surface area contributed by atoms with Gasteiger partial charge >= 0.3 is 0 Å². The maximum atomic E-state index is 6.10. The lowest BCUT2D eigenvalue weighted by Crippen LogP contribution is -2.45. The van der Waals surface area contributed by atoms with Crippen LogP contribution in [0, 0.1) is 11.8 Å². The predicted octanol–water partition coefficient (Wildman–Crippen LogP) is 5.35. The molecule has 0 aromatic heterocycles. The average Bonchev–Trinajstić information content (AvgIpc) is 2.56. The third kappa shape index (κ3) is 4.45. The lowest BCUT2D eigenvalue weighted by molar-refractivity contribution is -0.113. The fourth-order valence-electron chi connectivity index (χ4n) is 4.50. The van der Waals surface area contributed by atoms with Crippen molar-refractivity contribution in [3.8, 4) is 0 Å². The first kappa shape index (κ1) is 17.3. The van der Waals surface area contributed by atoms with Gasteiger partial charge in [-0.05, 0) is 69.6 Å². The Kier molecular flexibility index (Phi) is 7.01. The van der Waals surface area contributed by atoms with Gasteiger partial charge in [0.2, 0.25) is 0 Å². The Labute approximate surface area is 132 Å². The van der Waals surface area contributed by atoms with Crippen molar-refractivity contribution in [1.29, 1.82) is 0 Å². The van der Waals surface area contributed by atoms with Gasteiger partial charge in [-0.3, -0.25) is 0 Å². The quantitative estimate of drug-likeness (QED) is 0.590. The number of ether oxygens (including phenoxy) is 2. The van der Waals surface area contributed by atoms with Crippen molar-refractivity contribution in [1.82, 2.24) is 0 Å². The maximum Gasteiger partial charge on any atom is 0.0707 e. The van der Waals surface area contributed by atoms with Crippen LogP contribution in [0.25, 0.3) is 0 Å². The van der Waals surface area contributed by atoms with E-state index in [1.807, 2.05) is 7.11 Å². The van der Waals surface area contributed by atoms with Crippen molar-refractivity contribution in [2.24, 2.45) is 11.8 Å². The van der Waals surface area contributed by atoms with Crippen molar-refractivity contribution < 1.29 is 9.47 Å². The largest absolute Gasteiger partial charge is 0.378 e. The number of hydrogen-bond acceptors (Lipinski definition) is 2. The van der Waals surface area contributed by atoms with E-state index in [1.54, 1.807) is 0 Å². The van der Waals surface area contributed by atoms with Gasteiger partial charge in [0.15, 0.2) is 0 Å². The summed E-state index contributed by atoms with van der Waals surface area (Å²) >= 11 is 0. The standard InChI is InChI=1S/C19H36O2/c1-4-6-15-21-18-9-7-17(8-10-18)19(20-3)13-11-16(5-2)12-14-19/h16-18H,4-15H2,1-3H3. The highest BCUT2D eigenvalue weighted by Gasteiger charge is 2.43. The van der Waals surface area contributed by atoms with Gasteiger partial charge in [0, 0.05) is 13.7 Å². The summed E-state index contributed by atoms with van der Waals surface area (Å²) in [5.74, 6) is 1.72. The van der Waals surface area contributed by atoms with Crippen LogP contribution in [0.2, 0.25) is 0 Å². The molecular weight excluding hydrogens is 260 g/mol. The molecule has 2 heteroatoms. The molecule has 2 saturated carbocycles. The van der Waals surface area contributed by atoms with Gasteiger partial charge < -0.3 is 9.47 Å². The van der Waals surface area contributed by atoms with Gasteiger partial charge in [0.25, 0.3) is 0 Å². The lowest BCUT2D eigenvalue weighted by Gasteiger charge is -2.47. The normalized spacial score (nSPS) is 37.6. The molecule has 2 nitrogen and oxygen atoms in total. The molecule has 0 amide bonds. The topological polar surface area (TPSA) is 18.5 Å². The Morgan fingerprint density at radius 1 is 0.952 bits per heavy atom. The van der Waals surface area contributed by atoms with E-state index in [0.29, 0.717) is 6.10 Å². The van der Waals surface area contributed by atoms with Crippen LogP contribution in [-0.2, 0) is 9.47 Å². The van der Waals surface area contributed by atoms with Crippen LogP contribution in [0.15, 0.2) is 0 Å². The predicted molar refractivity (Wildman–Crippen MR) is 88.6 cm³/mol. The highest BCUT2D eigenvalue weighted by atomic mass is 16.5. The van der Waals surface area contributed by atoms with Gasteiger partial charge in [0.05, 0.1) is 11.7 Å². The second-order valence-corrected chi connectivity index (χ2v) is 7.32. The molecule has 0 unspecified atom stereocenters. The van der Waals surface area contributed by atoms with Crippen LogP contribution in [0.5, 0.6) is 0 Å². The monoisotopic (exact) mass is 296 g/mol. The minimum atomic E-state index is 0.195. The van der Waals surface area contributed by atoms with E-state index in [0.717, 1.165) is 18.4 Å². The Balaban J connectivity index is 1.79. The van der Waals surface area contributed by atoms with Crippen molar-refractivity contribution >= 4 is 0 Å². The van der Waals surface area contributed by atoms with Gasteiger partial charge in [0.1, 0.15) is 0 Å². The number of hydrogen-bond donors (Lipinski definition) is 0. The van der Waals surface area contributed by atoms with E-state index >= 15 is 0 Å². The molecule has 0 radical (unpaired) electrons. The Morgan fingerprint density at radius 2 is 1.62 bits per heavy atom. The highest BCUT2D eigenvalue weighted by molar-refractivity contribution is 4.94. The fraction of sp³-hybridized carbons (Fsp3) is 1.00. The van der Waals surface area contributed by atoms with E-state index in [-0.39, 0.29) is 5.60 Å². The van der Waals surface area contributed by atoms with E-state index in [1.165, 1.54) is 70.6 Å².